The van der Waals surface area contributed by atoms with Crippen molar-refractivity contribution in [1.29, 1.82) is 0 Å². The van der Waals surface area contributed by atoms with Crippen LogP contribution in [0.1, 0.15) is 23.8 Å². The molecule has 1 fully saturated rings. The molecule has 0 aliphatic carbocycles. The van der Waals surface area contributed by atoms with Crippen molar-refractivity contribution in [3.05, 3.63) is 47.2 Å². The molecule has 5 nitrogen and oxygen atoms in total. The van der Waals surface area contributed by atoms with Crippen LogP contribution < -0.4 is 10.6 Å². The fourth-order valence-electron chi connectivity index (χ4n) is 2.63. The molecular weight excluding hydrogens is 300 g/mol. The molecule has 0 radical (unpaired) electrons. The lowest BCUT2D eigenvalue weighted by Gasteiger charge is -2.29. The Morgan fingerprint density at radius 1 is 1.45 bits per heavy atom. The second-order valence-electron chi connectivity index (χ2n) is 5.68. The number of hydrogen-bond donors (Lipinski definition) is 2. The molecule has 0 spiro atoms. The number of nitrogens with one attached hydrogen (secondary N) is 2. The maximum atomic E-state index is 12.3. The Morgan fingerprint density at radius 2 is 2.32 bits per heavy atom. The number of halogens is 1. The summed E-state index contributed by atoms with van der Waals surface area (Å²) < 4.78 is 1.66. The number of piperidine rings is 1. The van der Waals surface area contributed by atoms with E-state index >= 15 is 0 Å². The second kappa shape index (κ2) is 6.50. The summed E-state index contributed by atoms with van der Waals surface area (Å²) in [6, 6.07) is 9.24. The van der Waals surface area contributed by atoms with Gasteiger partial charge in [0.15, 0.2) is 5.69 Å². The molecule has 2 atom stereocenters. The minimum Gasteiger partial charge on any atom is -0.346 e. The van der Waals surface area contributed by atoms with Gasteiger partial charge in [0.25, 0.3) is 5.91 Å². The number of carbonyl (C=O) groups excluding carboxylic acids is 1. The first-order chi connectivity index (χ1) is 10.6. The van der Waals surface area contributed by atoms with Crippen LogP contribution in [0.5, 0.6) is 0 Å². The van der Waals surface area contributed by atoms with E-state index in [1.807, 2.05) is 18.2 Å². The van der Waals surface area contributed by atoms with Gasteiger partial charge in [0, 0.05) is 23.8 Å². The maximum Gasteiger partial charge on any atom is 0.272 e. The molecule has 1 aliphatic heterocycles. The van der Waals surface area contributed by atoms with E-state index in [0.29, 0.717) is 16.6 Å². The van der Waals surface area contributed by atoms with Crippen molar-refractivity contribution in [1.82, 2.24) is 20.4 Å². The van der Waals surface area contributed by atoms with Crippen LogP contribution in [0.4, 0.5) is 0 Å². The highest BCUT2D eigenvalue weighted by Crippen LogP contribution is 2.15. The lowest BCUT2D eigenvalue weighted by molar-refractivity contribution is 0.0909. The molecule has 1 aliphatic rings. The van der Waals surface area contributed by atoms with Crippen molar-refractivity contribution in [2.45, 2.75) is 19.4 Å². The number of rotatable bonds is 3. The zero-order valence-electron chi connectivity index (χ0n) is 12.4. The van der Waals surface area contributed by atoms with Crippen LogP contribution >= 0.6 is 11.6 Å². The predicted octanol–water partition coefficient (Wildman–Crippen LogP) is 2.25. The molecule has 1 aromatic heterocycles. The van der Waals surface area contributed by atoms with Gasteiger partial charge < -0.3 is 10.6 Å². The molecule has 6 heteroatoms. The van der Waals surface area contributed by atoms with Crippen LogP contribution in [-0.4, -0.2) is 34.8 Å². The van der Waals surface area contributed by atoms with Gasteiger partial charge in [-0.05, 0) is 43.1 Å². The largest absolute Gasteiger partial charge is 0.346 e. The highest BCUT2D eigenvalue weighted by molar-refractivity contribution is 6.30. The topological polar surface area (TPSA) is 58.9 Å². The average Bonchev–Trinajstić information content (AvgIpc) is 2.99. The van der Waals surface area contributed by atoms with Crippen LogP contribution in [0.25, 0.3) is 5.69 Å². The Balaban J connectivity index is 1.71. The number of benzene rings is 1. The molecule has 2 unspecified atom stereocenters. The quantitative estimate of drug-likeness (QED) is 0.912. The Labute approximate surface area is 134 Å². The van der Waals surface area contributed by atoms with Gasteiger partial charge in [-0.2, -0.15) is 5.10 Å². The normalized spacial score (nSPS) is 21.5. The molecule has 1 aromatic carbocycles. The molecule has 0 saturated carbocycles. The summed E-state index contributed by atoms with van der Waals surface area (Å²) >= 11 is 5.98. The molecule has 2 N–H and O–H groups in total. The third-order valence-electron chi connectivity index (χ3n) is 4.04. The van der Waals surface area contributed by atoms with Gasteiger partial charge in [-0.1, -0.05) is 24.6 Å². The van der Waals surface area contributed by atoms with E-state index in [1.165, 1.54) is 0 Å². The zero-order valence-corrected chi connectivity index (χ0v) is 13.2. The minimum absolute atomic E-state index is 0.138. The van der Waals surface area contributed by atoms with Crippen LogP contribution in [0.3, 0.4) is 0 Å². The maximum absolute atomic E-state index is 12.3. The number of hydrogen-bond acceptors (Lipinski definition) is 3. The first-order valence-electron chi connectivity index (χ1n) is 7.46. The molecular formula is C16H19ClN4O. The summed E-state index contributed by atoms with van der Waals surface area (Å²) in [5.74, 6) is 0.335. The zero-order chi connectivity index (χ0) is 15.5. The lowest BCUT2D eigenvalue weighted by Crippen LogP contribution is -2.50. The number of nitrogens with zero attached hydrogens (tertiary/aromatic N) is 2. The van der Waals surface area contributed by atoms with Gasteiger partial charge in [0.2, 0.25) is 0 Å². The highest BCUT2D eigenvalue weighted by atomic mass is 35.5. The standard InChI is InChI=1S/C16H19ClN4O/c1-11-5-7-18-10-15(11)19-16(22)14-6-8-21(20-14)13-4-2-3-12(17)9-13/h2-4,6,8-9,11,15,18H,5,7,10H2,1H3,(H,19,22). The van der Waals surface area contributed by atoms with Crippen LogP contribution in [0.15, 0.2) is 36.5 Å². The summed E-state index contributed by atoms with van der Waals surface area (Å²) in [6.07, 6.45) is 2.84. The summed E-state index contributed by atoms with van der Waals surface area (Å²) in [4.78, 5) is 12.3. The van der Waals surface area contributed by atoms with E-state index in [9.17, 15) is 4.79 Å². The lowest BCUT2D eigenvalue weighted by atomic mass is 9.95. The van der Waals surface area contributed by atoms with E-state index < -0.39 is 0 Å². The average molecular weight is 319 g/mol. The van der Waals surface area contributed by atoms with Crippen molar-refractivity contribution >= 4 is 17.5 Å². The SMILES string of the molecule is CC1CCNCC1NC(=O)c1ccn(-c2cccc(Cl)c2)n1. The van der Waals surface area contributed by atoms with Crippen molar-refractivity contribution in [3.8, 4) is 5.69 Å². The predicted molar refractivity (Wildman–Crippen MR) is 86.5 cm³/mol. The van der Waals surface area contributed by atoms with Crippen molar-refractivity contribution in [2.24, 2.45) is 5.92 Å². The summed E-state index contributed by atoms with van der Waals surface area (Å²) in [5, 5.41) is 11.3. The first-order valence-corrected chi connectivity index (χ1v) is 7.84. The van der Waals surface area contributed by atoms with E-state index in [0.717, 1.165) is 25.2 Å². The fourth-order valence-corrected chi connectivity index (χ4v) is 2.82. The van der Waals surface area contributed by atoms with Gasteiger partial charge in [-0.25, -0.2) is 4.68 Å². The Kier molecular flexibility index (Phi) is 4.45. The number of amides is 1. The van der Waals surface area contributed by atoms with Crippen LogP contribution in [-0.2, 0) is 0 Å². The monoisotopic (exact) mass is 318 g/mol. The molecule has 1 saturated heterocycles. The fraction of sp³-hybridized carbons (Fsp3) is 0.375. The summed E-state index contributed by atoms with van der Waals surface area (Å²) in [6.45, 7) is 3.98. The van der Waals surface area contributed by atoms with Crippen molar-refractivity contribution in [2.75, 3.05) is 13.1 Å². The third-order valence-corrected chi connectivity index (χ3v) is 4.27. The van der Waals surface area contributed by atoms with E-state index in [1.54, 1.807) is 23.0 Å². The molecule has 2 heterocycles. The summed E-state index contributed by atoms with van der Waals surface area (Å²) in [5.41, 5.74) is 1.25. The first kappa shape index (κ1) is 15.1. The highest BCUT2D eigenvalue weighted by Gasteiger charge is 2.23. The molecule has 116 valence electrons. The van der Waals surface area contributed by atoms with Gasteiger partial charge in [-0.15, -0.1) is 0 Å². The molecule has 3 rings (SSSR count). The van der Waals surface area contributed by atoms with Gasteiger partial charge in [0.1, 0.15) is 0 Å². The Hall–Kier alpha value is -1.85. The van der Waals surface area contributed by atoms with Crippen molar-refractivity contribution in [3.63, 3.8) is 0 Å². The smallest absolute Gasteiger partial charge is 0.272 e. The Morgan fingerprint density at radius 3 is 3.09 bits per heavy atom. The van der Waals surface area contributed by atoms with Crippen LogP contribution in [0.2, 0.25) is 5.02 Å². The van der Waals surface area contributed by atoms with Gasteiger partial charge in [-0.3, -0.25) is 4.79 Å². The second-order valence-corrected chi connectivity index (χ2v) is 6.11. The van der Waals surface area contributed by atoms with E-state index in [4.69, 9.17) is 11.6 Å². The van der Waals surface area contributed by atoms with Gasteiger partial charge >= 0.3 is 0 Å². The molecule has 0 bridgehead atoms. The Bertz CT molecular complexity index is 670. The minimum atomic E-state index is -0.138. The summed E-state index contributed by atoms with van der Waals surface area (Å²) in [7, 11) is 0. The van der Waals surface area contributed by atoms with Crippen molar-refractivity contribution < 1.29 is 4.79 Å². The van der Waals surface area contributed by atoms with E-state index in [2.05, 4.69) is 22.7 Å². The third kappa shape index (κ3) is 3.31. The number of carbonyl (C=O) groups is 1. The van der Waals surface area contributed by atoms with E-state index in [-0.39, 0.29) is 11.9 Å². The molecule has 1 amide bonds. The molecule has 22 heavy (non-hydrogen) atoms. The van der Waals surface area contributed by atoms with Gasteiger partial charge in [0.05, 0.1) is 5.69 Å². The molecule has 2 aromatic rings. The number of aromatic nitrogens is 2. The van der Waals surface area contributed by atoms with Crippen LogP contribution in [0, 0.1) is 5.92 Å².